The van der Waals surface area contributed by atoms with Crippen LogP contribution in [0, 0.1) is 5.82 Å². The monoisotopic (exact) mass is 345 g/mol. The Hall–Kier alpha value is -3.16. The van der Waals surface area contributed by atoms with Gasteiger partial charge >= 0.3 is 0 Å². The van der Waals surface area contributed by atoms with Crippen LogP contribution in [0.15, 0.2) is 41.0 Å². The molecule has 0 fully saturated rings. The fourth-order valence-electron chi connectivity index (χ4n) is 2.65. The van der Waals surface area contributed by atoms with Gasteiger partial charge in [0.2, 0.25) is 11.8 Å². The Morgan fingerprint density at radius 1 is 1.24 bits per heavy atom. The summed E-state index contributed by atoms with van der Waals surface area (Å²) in [4.78, 5) is 35.8. The van der Waals surface area contributed by atoms with Gasteiger partial charge in [0.25, 0.3) is 5.91 Å². The minimum Gasteiger partial charge on any atom is -0.459 e. The molecule has 2 heterocycles. The second-order valence-electron chi connectivity index (χ2n) is 5.56. The molecular formula is C17H16FN3O4. The fraction of sp³-hybridized carbons (Fsp3) is 0.235. The average molecular weight is 345 g/mol. The number of carbonyl (C=O) groups excluding carboxylic acids is 3. The van der Waals surface area contributed by atoms with Crippen LogP contribution in [0.5, 0.6) is 0 Å². The Kier molecular flexibility index (Phi) is 4.78. The minimum absolute atomic E-state index is 0.0107. The van der Waals surface area contributed by atoms with Crippen LogP contribution in [0.1, 0.15) is 28.5 Å². The first kappa shape index (κ1) is 16.7. The molecule has 0 saturated heterocycles. The normalized spacial score (nSPS) is 15.9. The highest BCUT2D eigenvalue weighted by molar-refractivity contribution is 6.01. The van der Waals surface area contributed by atoms with Gasteiger partial charge in [-0.15, -0.1) is 0 Å². The molecule has 1 aliphatic heterocycles. The first-order valence-electron chi connectivity index (χ1n) is 7.73. The zero-order valence-electron chi connectivity index (χ0n) is 13.2. The second-order valence-corrected chi connectivity index (χ2v) is 5.56. The fourth-order valence-corrected chi connectivity index (χ4v) is 2.65. The average Bonchev–Trinajstić information content (AvgIpc) is 3.11. The molecule has 0 radical (unpaired) electrons. The molecule has 2 aromatic rings. The molecule has 3 amide bonds. The number of benzene rings is 1. The summed E-state index contributed by atoms with van der Waals surface area (Å²) in [5, 5.41) is 7.83. The zero-order valence-corrected chi connectivity index (χ0v) is 13.2. The van der Waals surface area contributed by atoms with E-state index >= 15 is 0 Å². The molecule has 0 bridgehead atoms. The van der Waals surface area contributed by atoms with E-state index in [0.717, 1.165) is 0 Å². The Balaban J connectivity index is 1.55. The molecule has 25 heavy (non-hydrogen) atoms. The summed E-state index contributed by atoms with van der Waals surface area (Å²) in [6.45, 7) is 0.403. The van der Waals surface area contributed by atoms with Crippen LogP contribution in [-0.4, -0.2) is 30.8 Å². The largest absolute Gasteiger partial charge is 0.459 e. The summed E-state index contributed by atoms with van der Waals surface area (Å²) in [6, 6.07) is 7.07. The van der Waals surface area contributed by atoms with E-state index in [9.17, 15) is 18.8 Å². The number of fused-ring (bicyclic) bond motifs is 1. The summed E-state index contributed by atoms with van der Waals surface area (Å²) in [6.07, 6.45) is 1.38. The van der Waals surface area contributed by atoms with Gasteiger partial charge in [0.05, 0.1) is 12.2 Å². The van der Waals surface area contributed by atoms with Gasteiger partial charge < -0.3 is 20.4 Å². The quantitative estimate of drug-likeness (QED) is 0.713. The lowest BCUT2D eigenvalue weighted by Crippen LogP contribution is -2.39. The summed E-state index contributed by atoms with van der Waals surface area (Å²) in [5.41, 5.74) is 0.876. The van der Waals surface area contributed by atoms with Crippen molar-refractivity contribution >= 4 is 23.4 Å². The van der Waals surface area contributed by atoms with Crippen LogP contribution in [0.3, 0.4) is 0 Å². The van der Waals surface area contributed by atoms with Gasteiger partial charge in [-0.1, -0.05) is 6.07 Å². The molecule has 0 spiro atoms. The highest BCUT2D eigenvalue weighted by Gasteiger charge is 2.30. The van der Waals surface area contributed by atoms with Gasteiger partial charge in [-0.2, -0.15) is 0 Å². The van der Waals surface area contributed by atoms with Gasteiger partial charge in [-0.25, -0.2) is 4.39 Å². The summed E-state index contributed by atoms with van der Waals surface area (Å²) in [5.74, 6) is -2.06. The van der Waals surface area contributed by atoms with Crippen molar-refractivity contribution in [1.82, 2.24) is 10.6 Å². The first-order chi connectivity index (χ1) is 12.0. The maximum absolute atomic E-state index is 13.3. The van der Waals surface area contributed by atoms with Crippen molar-refractivity contribution in [1.29, 1.82) is 0 Å². The summed E-state index contributed by atoms with van der Waals surface area (Å²) < 4.78 is 18.2. The lowest BCUT2D eigenvalue weighted by atomic mass is 9.89. The minimum atomic E-state index is -0.690. The second kappa shape index (κ2) is 7.16. The van der Waals surface area contributed by atoms with Crippen LogP contribution in [0.25, 0.3) is 0 Å². The first-order valence-corrected chi connectivity index (χ1v) is 7.73. The summed E-state index contributed by atoms with van der Waals surface area (Å²) in [7, 11) is 0. The van der Waals surface area contributed by atoms with Gasteiger partial charge in [-0.3, -0.25) is 14.4 Å². The number of anilines is 1. The number of hydrogen-bond donors (Lipinski definition) is 3. The van der Waals surface area contributed by atoms with Crippen molar-refractivity contribution in [2.75, 3.05) is 18.4 Å². The number of halogens is 1. The standard InChI is InChI=1S/C17H16FN3O4/c18-10-3-4-11-12(9-15(22)21-13(11)8-10)16(23)19-5-6-20-17(24)14-2-1-7-25-14/h1-4,7-8,12H,5-6,9H2,(H,19,23)(H,20,24)(H,21,22)/t12-/m1/s1. The van der Waals surface area contributed by atoms with E-state index in [1.807, 2.05) is 0 Å². The zero-order chi connectivity index (χ0) is 17.8. The van der Waals surface area contributed by atoms with Gasteiger partial charge in [-0.05, 0) is 29.8 Å². The molecule has 0 unspecified atom stereocenters. The van der Waals surface area contributed by atoms with Crippen molar-refractivity contribution < 1.29 is 23.2 Å². The van der Waals surface area contributed by atoms with E-state index in [-0.39, 0.29) is 43.0 Å². The van der Waals surface area contributed by atoms with Crippen molar-refractivity contribution in [3.8, 4) is 0 Å². The van der Waals surface area contributed by atoms with Gasteiger partial charge in [0, 0.05) is 25.2 Å². The van der Waals surface area contributed by atoms with E-state index in [0.29, 0.717) is 11.3 Å². The molecule has 1 aromatic carbocycles. The van der Waals surface area contributed by atoms with E-state index in [1.54, 1.807) is 6.07 Å². The number of rotatable bonds is 5. The third-order valence-corrected chi connectivity index (χ3v) is 3.83. The van der Waals surface area contributed by atoms with Crippen molar-refractivity contribution in [2.45, 2.75) is 12.3 Å². The van der Waals surface area contributed by atoms with Crippen molar-refractivity contribution in [3.63, 3.8) is 0 Å². The third kappa shape index (κ3) is 3.85. The van der Waals surface area contributed by atoms with E-state index in [2.05, 4.69) is 16.0 Å². The van der Waals surface area contributed by atoms with Gasteiger partial charge in [0.15, 0.2) is 5.76 Å². The Labute approximate surface area is 142 Å². The Morgan fingerprint density at radius 3 is 2.80 bits per heavy atom. The van der Waals surface area contributed by atoms with Crippen molar-refractivity contribution in [3.05, 3.63) is 53.7 Å². The molecule has 7 nitrogen and oxygen atoms in total. The molecule has 1 aromatic heterocycles. The molecule has 3 rings (SSSR count). The molecule has 130 valence electrons. The SMILES string of the molecule is O=C1C[C@@H](C(=O)NCCNC(=O)c2ccco2)c2ccc(F)cc2N1. The van der Waals surface area contributed by atoms with Crippen LogP contribution in [0.2, 0.25) is 0 Å². The van der Waals surface area contributed by atoms with Crippen LogP contribution in [0.4, 0.5) is 10.1 Å². The predicted octanol–water partition coefficient (Wildman–Crippen LogP) is 1.39. The number of amides is 3. The van der Waals surface area contributed by atoms with Crippen LogP contribution < -0.4 is 16.0 Å². The molecule has 3 N–H and O–H groups in total. The number of furan rings is 1. The molecule has 8 heteroatoms. The van der Waals surface area contributed by atoms with E-state index in [1.165, 1.54) is 30.5 Å². The lowest BCUT2D eigenvalue weighted by molar-refractivity contribution is -0.126. The number of hydrogen-bond acceptors (Lipinski definition) is 4. The predicted molar refractivity (Wildman–Crippen MR) is 86.4 cm³/mol. The molecule has 1 aliphatic rings. The Bertz CT molecular complexity index is 804. The maximum atomic E-state index is 13.3. The van der Waals surface area contributed by atoms with Gasteiger partial charge in [0.1, 0.15) is 5.82 Å². The molecule has 0 aliphatic carbocycles. The maximum Gasteiger partial charge on any atom is 0.287 e. The molecule has 0 saturated carbocycles. The summed E-state index contributed by atoms with van der Waals surface area (Å²) >= 11 is 0. The number of carbonyl (C=O) groups is 3. The van der Waals surface area contributed by atoms with E-state index < -0.39 is 11.7 Å². The molecular weight excluding hydrogens is 329 g/mol. The smallest absolute Gasteiger partial charge is 0.287 e. The van der Waals surface area contributed by atoms with Crippen LogP contribution in [-0.2, 0) is 9.59 Å². The van der Waals surface area contributed by atoms with Crippen molar-refractivity contribution in [2.24, 2.45) is 0 Å². The number of nitrogens with one attached hydrogen (secondary N) is 3. The highest BCUT2D eigenvalue weighted by Crippen LogP contribution is 2.32. The van der Waals surface area contributed by atoms with Crippen LogP contribution >= 0.6 is 0 Å². The lowest BCUT2D eigenvalue weighted by Gasteiger charge is -2.24. The molecule has 1 atom stereocenters. The topological polar surface area (TPSA) is 100 Å². The van der Waals surface area contributed by atoms with E-state index in [4.69, 9.17) is 4.42 Å². The Morgan fingerprint density at radius 2 is 2.04 bits per heavy atom. The highest BCUT2D eigenvalue weighted by atomic mass is 19.1. The third-order valence-electron chi connectivity index (χ3n) is 3.83.